The molecule has 0 bridgehead atoms. The Morgan fingerprint density at radius 1 is 1.36 bits per heavy atom. The van der Waals surface area contributed by atoms with Gasteiger partial charge in [-0.3, -0.25) is 14.2 Å². The number of amides is 1. The lowest BCUT2D eigenvalue weighted by molar-refractivity contribution is -0.123. The van der Waals surface area contributed by atoms with Gasteiger partial charge in [-0.1, -0.05) is 0 Å². The monoisotopic (exact) mass is 308 g/mol. The van der Waals surface area contributed by atoms with Gasteiger partial charge in [0.15, 0.2) is 11.2 Å². The molecule has 2 rings (SSSR count). The predicted molar refractivity (Wildman–Crippen MR) is 81.5 cm³/mol. The molecular weight excluding hydrogens is 288 g/mol. The molecule has 1 amide bonds. The molecule has 0 unspecified atom stereocenters. The van der Waals surface area contributed by atoms with E-state index < -0.39 is 22.7 Å². The third-order valence-corrected chi connectivity index (χ3v) is 3.49. The molecule has 2 aromatic rings. The van der Waals surface area contributed by atoms with Crippen molar-refractivity contribution in [1.29, 1.82) is 0 Å². The maximum atomic E-state index is 12.4. The first-order valence-corrected chi connectivity index (χ1v) is 6.80. The van der Waals surface area contributed by atoms with E-state index in [0.29, 0.717) is 0 Å². The zero-order valence-corrected chi connectivity index (χ0v) is 13.1. The molecule has 0 spiro atoms. The van der Waals surface area contributed by atoms with Gasteiger partial charge in [0.05, 0.1) is 6.33 Å². The minimum atomic E-state index is -0.609. The first kappa shape index (κ1) is 16.0. The molecule has 0 fully saturated rings. The second-order valence-electron chi connectivity index (χ2n) is 5.90. The Balaban J connectivity index is 2.49. The van der Waals surface area contributed by atoms with Gasteiger partial charge >= 0.3 is 5.69 Å². The molecule has 2 heterocycles. The number of hydrogen-bond acceptors (Lipinski definition) is 5. The Labute approximate surface area is 126 Å². The third-order valence-electron chi connectivity index (χ3n) is 3.49. The van der Waals surface area contributed by atoms with Crippen molar-refractivity contribution in [2.45, 2.75) is 25.9 Å². The first-order valence-electron chi connectivity index (χ1n) is 6.80. The molecule has 0 aliphatic rings. The molecule has 0 radical (unpaired) electrons. The minimum Gasteiger partial charge on any atom is -0.348 e. The summed E-state index contributed by atoms with van der Waals surface area (Å²) in [5.74, 6) is -0.448. The van der Waals surface area contributed by atoms with Crippen molar-refractivity contribution in [3.05, 3.63) is 27.2 Å². The van der Waals surface area contributed by atoms with Crippen LogP contribution in [0.2, 0.25) is 0 Å². The molecule has 0 atom stereocenters. The maximum Gasteiger partial charge on any atom is 0.332 e. The number of aromatic nitrogens is 4. The number of nitrogens with one attached hydrogen (secondary N) is 1. The van der Waals surface area contributed by atoms with Crippen LogP contribution in [0, 0.1) is 0 Å². The van der Waals surface area contributed by atoms with Crippen LogP contribution in [0.25, 0.3) is 11.2 Å². The van der Waals surface area contributed by atoms with Crippen LogP contribution in [0.1, 0.15) is 13.8 Å². The molecule has 2 aromatic heterocycles. The minimum absolute atomic E-state index is 0.242. The fourth-order valence-corrected chi connectivity index (χ4v) is 2.15. The number of nitrogens with two attached hydrogens (primary N) is 1. The number of fused-ring (bicyclic) bond motifs is 1. The Kier molecular flexibility index (Phi) is 3.92. The highest BCUT2D eigenvalue weighted by atomic mass is 16.2. The summed E-state index contributed by atoms with van der Waals surface area (Å²) in [5.41, 5.74) is 4.37. The lowest BCUT2D eigenvalue weighted by atomic mass is 10.1. The van der Waals surface area contributed by atoms with Crippen LogP contribution < -0.4 is 22.3 Å². The van der Waals surface area contributed by atoms with Crippen molar-refractivity contribution in [2.24, 2.45) is 19.8 Å². The summed E-state index contributed by atoms with van der Waals surface area (Å²) >= 11 is 0. The molecule has 22 heavy (non-hydrogen) atoms. The normalized spacial score (nSPS) is 11.9. The van der Waals surface area contributed by atoms with Crippen molar-refractivity contribution in [2.75, 3.05) is 6.54 Å². The molecule has 9 heteroatoms. The molecule has 0 saturated heterocycles. The van der Waals surface area contributed by atoms with Gasteiger partial charge in [-0.05, 0) is 13.8 Å². The zero-order chi connectivity index (χ0) is 16.7. The SMILES string of the molecule is Cn1cnc2c1c(=O)n(CC(=O)NC(C)(C)CN)c(=O)n2C. The second kappa shape index (κ2) is 5.41. The Bertz CT molecular complexity index is 842. The highest BCUT2D eigenvalue weighted by Gasteiger charge is 2.21. The van der Waals surface area contributed by atoms with Crippen LogP contribution in [-0.4, -0.2) is 36.7 Å². The van der Waals surface area contributed by atoms with Crippen molar-refractivity contribution >= 4 is 17.1 Å². The van der Waals surface area contributed by atoms with Crippen LogP contribution in [-0.2, 0) is 25.4 Å². The summed E-state index contributed by atoms with van der Waals surface area (Å²) < 4.78 is 3.67. The van der Waals surface area contributed by atoms with E-state index in [4.69, 9.17) is 5.73 Å². The standard InChI is InChI=1S/C13H20N6O3/c1-13(2,6-14)16-8(20)5-19-11(21)9-10(15-7-17(9)3)18(4)12(19)22/h7H,5-6,14H2,1-4H3,(H,16,20). The lowest BCUT2D eigenvalue weighted by Gasteiger charge is -2.24. The van der Waals surface area contributed by atoms with Gasteiger partial charge in [0, 0.05) is 26.2 Å². The van der Waals surface area contributed by atoms with Crippen LogP contribution in [0.3, 0.4) is 0 Å². The molecule has 120 valence electrons. The quantitative estimate of drug-likeness (QED) is 0.697. The van der Waals surface area contributed by atoms with Gasteiger partial charge in [-0.25, -0.2) is 14.3 Å². The van der Waals surface area contributed by atoms with E-state index in [9.17, 15) is 14.4 Å². The predicted octanol–water partition coefficient (Wildman–Crippen LogP) is -1.71. The summed E-state index contributed by atoms with van der Waals surface area (Å²) in [4.78, 5) is 40.8. The Morgan fingerprint density at radius 2 is 2.00 bits per heavy atom. The van der Waals surface area contributed by atoms with E-state index in [1.54, 1.807) is 20.9 Å². The number of aryl methyl sites for hydroxylation is 2. The Morgan fingerprint density at radius 3 is 2.59 bits per heavy atom. The maximum absolute atomic E-state index is 12.4. The number of hydrogen-bond donors (Lipinski definition) is 2. The highest BCUT2D eigenvalue weighted by molar-refractivity contribution is 5.77. The number of nitrogens with zero attached hydrogens (tertiary/aromatic N) is 4. The van der Waals surface area contributed by atoms with E-state index in [0.717, 1.165) is 4.57 Å². The smallest absolute Gasteiger partial charge is 0.332 e. The van der Waals surface area contributed by atoms with Gasteiger partial charge in [0.1, 0.15) is 6.54 Å². The van der Waals surface area contributed by atoms with Crippen LogP contribution in [0.15, 0.2) is 15.9 Å². The molecule has 0 saturated carbocycles. The van der Waals surface area contributed by atoms with Crippen molar-refractivity contribution < 1.29 is 4.79 Å². The molecule has 9 nitrogen and oxygen atoms in total. The Hall–Kier alpha value is -2.42. The van der Waals surface area contributed by atoms with Crippen LogP contribution in [0.5, 0.6) is 0 Å². The van der Waals surface area contributed by atoms with Crippen LogP contribution >= 0.6 is 0 Å². The average molecular weight is 308 g/mol. The lowest BCUT2D eigenvalue weighted by Crippen LogP contribution is -2.52. The van der Waals surface area contributed by atoms with Gasteiger partial charge in [-0.15, -0.1) is 0 Å². The summed E-state index contributed by atoms with van der Waals surface area (Å²) in [7, 11) is 3.17. The van der Waals surface area contributed by atoms with E-state index in [-0.39, 0.29) is 24.3 Å². The molecule has 0 aromatic carbocycles. The van der Waals surface area contributed by atoms with Gasteiger partial charge in [0.25, 0.3) is 5.56 Å². The fraction of sp³-hybridized carbons (Fsp3) is 0.538. The number of rotatable bonds is 4. The largest absolute Gasteiger partial charge is 0.348 e. The summed E-state index contributed by atoms with van der Waals surface area (Å²) in [6.07, 6.45) is 1.45. The van der Waals surface area contributed by atoms with Gasteiger partial charge in [-0.2, -0.15) is 0 Å². The zero-order valence-electron chi connectivity index (χ0n) is 13.1. The topological polar surface area (TPSA) is 117 Å². The van der Waals surface area contributed by atoms with Crippen molar-refractivity contribution in [3.63, 3.8) is 0 Å². The van der Waals surface area contributed by atoms with E-state index in [1.165, 1.54) is 22.5 Å². The second-order valence-corrected chi connectivity index (χ2v) is 5.90. The van der Waals surface area contributed by atoms with Gasteiger partial charge in [0.2, 0.25) is 5.91 Å². The highest BCUT2D eigenvalue weighted by Crippen LogP contribution is 2.03. The summed E-state index contributed by atoms with van der Waals surface area (Å²) in [5, 5.41) is 2.69. The van der Waals surface area contributed by atoms with E-state index in [2.05, 4.69) is 10.3 Å². The van der Waals surface area contributed by atoms with E-state index >= 15 is 0 Å². The fourth-order valence-electron chi connectivity index (χ4n) is 2.15. The summed E-state index contributed by atoms with van der Waals surface area (Å²) in [6, 6.07) is 0. The van der Waals surface area contributed by atoms with Gasteiger partial charge < -0.3 is 15.6 Å². The third kappa shape index (κ3) is 2.67. The molecule has 0 aliphatic heterocycles. The van der Waals surface area contributed by atoms with Crippen molar-refractivity contribution in [3.8, 4) is 0 Å². The molecule has 3 N–H and O–H groups in total. The first-order chi connectivity index (χ1) is 10.2. The number of carbonyl (C=O) groups is 1. The summed E-state index contributed by atoms with van der Waals surface area (Å²) in [6.45, 7) is 3.40. The van der Waals surface area contributed by atoms with Crippen molar-refractivity contribution in [1.82, 2.24) is 24.0 Å². The molecule has 0 aliphatic carbocycles. The number of carbonyl (C=O) groups excluding carboxylic acids is 1. The van der Waals surface area contributed by atoms with Crippen LogP contribution in [0.4, 0.5) is 0 Å². The number of imidazole rings is 1. The average Bonchev–Trinajstić information content (AvgIpc) is 2.83. The van der Waals surface area contributed by atoms with E-state index in [1.807, 2.05) is 0 Å². The molecular formula is C13H20N6O3.